The number of ketones is 1. The van der Waals surface area contributed by atoms with Crippen LogP contribution in [0.25, 0.3) is 0 Å². The second kappa shape index (κ2) is 11.4. The topological polar surface area (TPSA) is 145 Å². The summed E-state index contributed by atoms with van der Waals surface area (Å²) < 4.78 is 33.7. The molecule has 0 spiro atoms. The minimum Gasteiger partial charge on any atom is -0.799 e. The summed E-state index contributed by atoms with van der Waals surface area (Å²) in [7, 11) is -2.03. The summed E-state index contributed by atoms with van der Waals surface area (Å²) in [5.41, 5.74) is -0.879. The van der Waals surface area contributed by atoms with Crippen molar-refractivity contribution < 1.29 is 47.5 Å². The molecule has 0 saturated heterocycles. The first-order chi connectivity index (χ1) is 17.2. The normalized spacial score (nSPS) is 18.2. The Morgan fingerprint density at radius 1 is 0.778 bits per heavy atom. The van der Waals surface area contributed by atoms with Crippen LogP contribution in [-0.2, 0) is 28.5 Å². The Bertz CT molecular complexity index is 1240. The van der Waals surface area contributed by atoms with Crippen LogP contribution in [0.15, 0.2) is 40.3 Å². The van der Waals surface area contributed by atoms with Crippen molar-refractivity contribution in [1.29, 1.82) is 0 Å². The van der Waals surface area contributed by atoms with E-state index < -0.39 is 46.3 Å². The molecule has 1 aliphatic carbocycles. The lowest BCUT2D eigenvalue weighted by atomic mass is 9.84. The van der Waals surface area contributed by atoms with Crippen molar-refractivity contribution in [3.63, 3.8) is 0 Å². The van der Waals surface area contributed by atoms with E-state index in [0.717, 1.165) is 6.07 Å². The van der Waals surface area contributed by atoms with Gasteiger partial charge in [-0.05, 0) is 50.8 Å². The van der Waals surface area contributed by atoms with Gasteiger partial charge in [-0.3, -0.25) is 4.79 Å². The molecule has 0 fully saturated rings. The van der Waals surface area contributed by atoms with E-state index in [1.54, 1.807) is 27.7 Å². The molecule has 1 aromatic rings. The molecular formula is C25H25O10S-. The lowest BCUT2D eigenvalue weighted by Gasteiger charge is -2.34. The van der Waals surface area contributed by atoms with Gasteiger partial charge in [-0.2, -0.15) is 0 Å². The van der Waals surface area contributed by atoms with Gasteiger partial charge in [-0.25, -0.2) is 29.9 Å². The second-order valence-electron chi connectivity index (χ2n) is 7.43. The largest absolute Gasteiger partial charge is 0.799 e. The number of benzene rings is 1. The molecule has 0 aromatic heterocycles. The van der Waals surface area contributed by atoms with Gasteiger partial charge in [-0.1, -0.05) is 6.08 Å². The molecule has 192 valence electrons. The highest BCUT2D eigenvalue weighted by atomic mass is 32.2. The van der Waals surface area contributed by atoms with Gasteiger partial charge in [0.1, 0.15) is 0 Å². The zero-order valence-electron chi connectivity index (χ0n) is 20.2. The average molecular weight is 518 g/mol. The summed E-state index contributed by atoms with van der Waals surface area (Å²) in [6, 6.07) is 2.32. The Morgan fingerprint density at radius 2 is 1.25 bits per heavy atom. The van der Waals surface area contributed by atoms with E-state index in [4.69, 9.17) is 18.9 Å². The standard InChI is InChI=1S/C25H26O10S/c1-5-32-22(27)13-9-17-19(11-15(13)24(29)34-7-3)36(31)20-12-16(25(30)35-8-4)14(23(28)33-6-2)10-18(20)21(17)26/h9-12,17H,5-8H2,1-4H3,(H,29,31)/p-1. The predicted octanol–water partition coefficient (Wildman–Crippen LogP) is 2.78. The second-order valence-corrected chi connectivity index (χ2v) is 8.88. The van der Waals surface area contributed by atoms with Gasteiger partial charge in [-0.15, -0.1) is 0 Å². The molecular weight excluding hydrogens is 492 g/mol. The molecule has 2 unspecified atom stereocenters. The number of rotatable bonds is 8. The highest BCUT2D eigenvalue weighted by Crippen LogP contribution is 2.42. The molecule has 1 aromatic carbocycles. The molecule has 1 aliphatic heterocycles. The van der Waals surface area contributed by atoms with Crippen LogP contribution in [0, 0.1) is 5.92 Å². The molecule has 2 atom stereocenters. The summed E-state index contributed by atoms with van der Waals surface area (Å²) in [6.07, 6.45) is 2.40. The minimum atomic E-state index is -2.03. The first kappa shape index (κ1) is 27.0. The number of Topliss-reactive ketones (excluding diaryl/α,β-unsaturated/α-hetero) is 1. The summed E-state index contributed by atoms with van der Waals surface area (Å²) in [5, 5.41) is 0. The van der Waals surface area contributed by atoms with Gasteiger partial charge in [0, 0.05) is 10.5 Å². The van der Waals surface area contributed by atoms with Gasteiger partial charge >= 0.3 is 23.9 Å². The fraction of sp³-hybridized carbons (Fsp3) is 0.360. The number of esters is 4. The number of carbonyl (C=O) groups is 5. The van der Waals surface area contributed by atoms with Gasteiger partial charge in [0.05, 0.1) is 54.6 Å². The Morgan fingerprint density at radius 3 is 1.78 bits per heavy atom. The number of ether oxygens (including phenoxy) is 4. The molecule has 0 amide bonds. The van der Waals surface area contributed by atoms with Crippen molar-refractivity contribution in [2.45, 2.75) is 32.6 Å². The van der Waals surface area contributed by atoms with E-state index in [2.05, 4.69) is 0 Å². The van der Waals surface area contributed by atoms with Crippen molar-refractivity contribution in [3.8, 4) is 0 Å². The van der Waals surface area contributed by atoms with Crippen LogP contribution in [-0.4, -0.2) is 65.5 Å². The van der Waals surface area contributed by atoms with Crippen molar-refractivity contribution >= 4 is 45.3 Å². The van der Waals surface area contributed by atoms with Gasteiger partial charge in [0.25, 0.3) is 0 Å². The quantitative estimate of drug-likeness (QED) is 0.287. The van der Waals surface area contributed by atoms with Crippen molar-refractivity contribution in [2.75, 3.05) is 26.4 Å². The number of allylic oxidation sites excluding steroid dienone is 2. The third-order valence-electron chi connectivity index (χ3n) is 5.28. The third kappa shape index (κ3) is 5.02. The SMILES string of the molecule is CCOC(=O)C1=CC2=S([O-])c3cc(C(=O)OCC)c(C(=O)OCC)cc3C(=O)C2C=C1C(=O)OCC. The summed E-state index contributed by atoms with van der Waals surface area (Å²) in [5.74, 6) is -5.14. The van der Waals surface area contributed by atoms with E-state index in [1.807, 2.05) is 0 Å². The van der Waals surface area contributed by atoms with E-state index in [9.17, 15) is 28.5 Å². The number of hydrogen-bond acceptors (Lipinski definition) is 10. The van der Waals surface area contributed by atoms with Gasteiger partial charge < -0.3 is 23.5 Å². The van der Waals surface area contributed by atoms with E-state index >= 15 is 0 Å². The maximum atomic E-state index is 13.6. The molecule has 10 nitrogen and oxygen atoms in total. The molecule has 36 heavy (non-hydrogen) atoms. The lowest BCUT2D eigenvalue weighted by Crippen LogP contribution is -2.32. The van der Waals surface area contributed by atoms with Crippen molar-refractivity contribution in [2.24, 2.45) is 5.92 Å². The third-order valence-corrected chi connectivity index (χ3v) is 6.82. The summed E-state index contributed by atoms with van der Waals surface area (Å²) >= 11 is 0. The molecule has 0 bridgehead atoms. The molecule has 0 N–H and O–H groups in total. The molecule has 0 saturated carbocycles. The minimum absolute atomic E-state index is 0.0195. The van der Waals surface area contributed by atoms with E-state index in [1.165, 1.54) is 18.2 Å². The van der Waals surface area contributed by atoms with Crippen LogP contribution >= 0.6 is 10.8 Å². The van der Waals surface area contributed by atoms with Crippen LogP contribution in [0.5, 0.6) is 0 Å². The Kier molecular flexibility index (Phi) is 8.59. The van der Waals surface area contributed by atoms with Crippen LogP contribution < -0.4 is 0 Å². The number of fused-ring (bicyclic) bond motifs is 2. The van der Waals surface area contributed by atoms with Gasteiger partial charge in [0.2, 0.25) is 0 Å². The molecule has 3 rings (SSSR count). The van der Waals surface area contributed by atoms with Crippen LogP contribution in [0.1, 0.15) is 58.8 Å². The zero-order valence-corrected chi connectivity index (χ0v) is 21.0. The zero-order chi connectivity index (χ0) is 26.6. The Labute approximate surface area is 210 Å². The average Bonchev–Trinajstić information content (AvgIpc) is 2.86. The highest BCUT2D eigenvalue weighted by Gasteiger charge is 2.38. The predicted molar refractivity (Wildman–Crippen MR) is 127 cm³/mol. The first-order valence-electron chi connectivity index (χ1n) is 11.3. The van der Waals surface area contributed by atoms with Crippen LogP contribution in [0.2, 0.25) is 0 Å². The maximum absolute atomic E-state index is 13.6. The molecule has 1 heterocycles. The molecule has 0 radical (unpaired) electrons. The van der Waals surface area contributed by atoms with E-state index in [0.29, 0.717) is 0 Å². The van der Waals surface area contributed by atoms with Gasteiger partial charge in [0.15, 0.2) is 5.78 Å². The molecule has 2 aliphatic rings. The number of hydrogen-bond donors (Lipinski definition) is 0. The first-order valence-corrected chi connectivity index (χ1v) is 12.5. The Balaban J connectivity index is 2.26. The summed E-state index contributed by atoms with van der Waals surface area (Å²) in [6.45, 7) is 6.42. The monoisotopic (exact) mass is 517 g/mol. The fourth-order valence-corrected chi connectivity index (χ4v) is 5.23. The van der Waals surface area contributed by atoms with Crippen molar-refractivity contribution in [3.05, 3.63) is 52.1 Å². The molecule has 11 heteroatoms. The highest BCUT2D eigenvalue weighted by molar-refractivity contribution is 8.11. The van der Waals surface area contributed by atoms with Crippen LogP contribution in [0.3, 0.4) is 0 Å². The van der Waals surface area contributed by atoms with E-state index in [-0.39, 0.29) is 64.0 Å². The maximum Gasteiger partial charge on any atom is 0.339 e. The van der Waals surface area contributed by atoms with Crippen LogP contribution in [0.4, 0.5) is 0 Å². The lowest BCUT2D eigenvalue weighted by molar-refractivity contribution is -0.142. The smallest absolute Gasteiger partial charge is 0.339 e. The van der Waals surface area contributed by atoms with Crippen molar-refractivity contribution in [1.82, 2.24) is 0 Å². The fourth-order valence-electron chi connectivity index (χ4n) is 3.76. The number of carbonyl (C=O) groups excluding carboxylic acids is 5. The summed E-state index contributed by atoms with van der Waals surface area (Å²) in [4.78, 5) is 63.8. The Hall–Kier alpha value is -3.57.